The Balaban J connectivity index is 2.04. The molecule has 1 aromatic carbocycles. The molecule has 0 aliphatic rings. The van der Waals surface area contributed by atoms with Crippen molar-refractivity contribution in [2.45, 2.75) is 26.9 Å². The molecule has 2 N–H and O–H groups in total. The summed E-state index contributed by atoms with van der Waals surface area (Å²) in [4.78, 5) is 12.3. The van der Waals surface area contributed by atoms with E-state index in [9.17, 15) is 13.9 Å². The number of anilines is 2. The Bertz CT molecular complexity index is 1190. The van der Waals surface area contributed by atoms with E-state index in [1.54, 1.807) is 24.3 Å². The van der Waals surface area contributed by atoms with Gasteiger partial charge in [-0.25, -0.2) is 13.8 Å². The molecular weight excluding hydrogens is 426 g/mol. The lowest BCUT2D eigenvalue weighted by Crippen LogP contribution is -2.08. The van der Waals surface area contributed by atoms with E-state index in [1.807, 2.05) is 13.8 Å². The van der Waals surface area contributed by atoms with Gasteiger partial charge in [0.2, 0.25) is 5.95 Å². The van der Waals surface area contributed by atoms with Gasteiger partial charge in [-0.3, -0.25) is 9.98 Å². The van der Waals surface area contributed by atoms with E-state index in [1.165, 1.54) is 37.5 Å². The molecule has 0 radical (unpaired) electrons. The Labute approximate surface area is 190 Å². The smallest absolute Gasteiger partial charge is 0.247 e. The molecule has 0 fully saturated rings. The quantitative estimate of drug-likeness (QED) is 0.351. The molecule has 170 valence electrons. The fraction of sp³-hybridized carbons (Fsp3) is 0.208. The minimum Gasteiger partial charge on any atom is -0.387 e. The molecular formula is C24H24F2N6O. The fourth-order valence-electron chi connectivity index (χ4n) is 3.01. The highest BCUT2D eigenvalue weighted by Crippen LogP contribution is 2.31. The molecule has 7 nitrogen and oxygen atoms in total. The maximum Gasteiger partial charge on any atom is 0.247 e. The van der Waals surface area contributed by atoms with Crippen LogP contribution in [0, 0.1) is 11.7 Å². The van der Waals surface area contributed by atoms with Gasteiger partial charge in [0, 0.05) is 17.3 Å². The number of aliphatic hydroxyl groups excluding tert-OH is 1. The van der Waals surface area contributed by atoms with Crippen molar-refractivity contribution in [1.82, 2.24) is 20.2 Å². The van der Waals surface area contributed by atoms with Crippen LogP contribution < -0.4 is 5.32 Å². The Kier molecular flexibility index (Phi) is 7.68. The second-order valence-corrected chi connectivity index (χ2v) is 7.54. The number of aliphatic hydroxyl groups is 1. The average Bonchev–Trinajstić information content (AvgIpc) is 2.80. The van der Waals surface area contributed by atoms with Gasteiger partial charge in [0.05, 0.1) is 23.7 Å². The van der Waals surface area contributed by atoms with Gasteiger partial charge in [-0.05, 0) is 49.9 Å². The van der Waals surface area contributed by atoms with E-state index in [0.717, 1.165) is 0 Å². The summed E-state index contributed by atoms with van der Waals surface area (Å²) in [6.45, 7) is 8.38. The van der Waals surface area contributed by atoms with Crippen LogP contribution in [0.1, 0.15) is 38.3 Å². The fourth-order valence-corrected chi connectivity index (χ4v) is 3.01. The summed E-state index contributed by atoms with van der Waals surface area (Å²) >= 11 is 0. The van der Waals surface area contributed by atoms with Crippen molar-refractivity contribution in [3.05, 3.63) is 77.9 Å². The number of rotatable bonds is 8. The maximum absolute atomic E-state index is 14.6. The number of nitrogens with zero attached hydrogens (tertiary/aromatic N) is 5. The number of nitrogens with one attached hydrogen (secondary N) is 1. The zero-order valence-corrected chi connectivity index (χ0v) is 18.5. The molecule has 3 rings (SSSR count). The highest BCUT2D eigenvalue weighted by molar-refractivity contribution is 5.82. The number of pyridine rings is 1. The Morgan fingerprint density at radius 2 is 1.94 bits per heavy atom. The average molecular weight is 450 g/mol. The van der Waals surface area contributed by atoms with Crippen molar-refractivity contribution in [1.29, 1.82) is 0 Å². The Hall–Kier alpha value is -3.85. The van der Waals surface area contributed by atoms with Crippen LogP contribution in [-0.2, 0) is 0 Å². The van der Waals surface area contributed by atoms with Crippen molar-refractivity contribution in [2.75, 3.05) is 5.32 Å². The topological polar surface area (TPSA) is 96.2 Å². The van der Waals surface area contributed by atoms with Gasteiger partial charge in [-0.2, -0.15) is 0 Å². The molecule has 0 aliphatic heterocycles. The SMILES string of the molecule is C=N/C=C\C(=C(/C)F)c1nnc(Nc2ccc(C(O)C(C)C)nc2)nc1-c1ccccc1F. The molecule has 0 amide bonds. The molecule has 0 aliphatic carbocycles. The number of halogens is 2. The van der Waals surface area contributed by atoms with Gasteiger partial charge >= 0.3 is 0 Å². The van der Waals surface area contributed by atoms with Gasteiger partial charge in [-0.15, -0.1) is 10.2 Å². The summed E-state index contributed by atoms with van der Waals surface area (Å²) in [6.07, 6.45) is 3.51. The number of allylic oxidation sites excluding steroid dienone is 3. The number of aliphatic imine (C=N–C) groups is 1. The highest BCUT2D eigenvalue weighted by atomic mass is 19.1. The molecule has 9 heteroatoms. The second kappa shape index (κ2) is 10.6. The van der Waals surface area contributed by atoms with Gasteiger partial charge in [0.1, 0.15) is 23.0 Å². The lowest BCUT2D eigenvalue weighted by Gasteiger charge is -2.14. The summed E-state index contributed by atoms with van der Waals surface area (Å²) in [7, 11) is 0. The van der Waals surface area contributed by atoms with E-state index in [2.05, 4.69) is 37.2 Å². The summed E-state index contributed by atoms with van der Waals surface area (Å²) in [6, 6.07) is 9.40. The van der Waals surface area contributed by atoms with Gasteiger partial charge < -0.3 is 10.4 Å². The molecule has 0 saturated heterocycles. The van der Waals surface area contributed by atoms with Gasteiger partial charge in [0.15, 0.2) is 0 Å². The summed E-state index contributed by atoms with van der Waals surface area (Å²) in [5, 5.41) is 21.3. The van der Waals surface area contributed by atoms with Crippen molar-refractivity contribution in [3.8, 4) is 11.3 Å². The number of hydrogen-bond donors (Lipinski definition) is 2. The molecule has 1 atom stereocenters. The molecule has 2 aromatic heterocycles. The van der Waals surface area contributed by atoms with E-state index in [4.69, 9.17) is 0 Å². The molecule has 0 saturated carbocycles. The standard InChI is InChI=1S/C24H24F2N6O/c1-14(2)23(33)20-10-9-16(13-28-20)29-24-30-21(18-7-5-6-8-19(18)26)22(31-32-24)17(15(3)25)11-12-27-4/h5-14,23,33H,4H2,1-3H3,(H,29,30,32)/b12-11-,17-15-. The third-order valence-corrected chi connectivity index (χ3v) is 4.77. The van der Waals surface area contributed by atoms with Crippen LogP contribution in [0.2, 0.25) is 0 Å². The van der Waals surface area contributed by atoms with Crippen LogP contribution in [0.5, 0.6) is 0 Å². The predicted octanol–water partition coefficient (Wildman–Crippen LogP) is 5.42. The zero-order chi connectivity index (χ0) is 24.0. The van der Waals surface area contributed by atoms with E-state index >= 15 is 0 Å². The molecule has 0 spiro atoms. The van der Waals surface area contributed by atoms with Crippen LogP contribution in [0.25, 0.3) is 16.8 Å². The molecule has 1 unspecified atom stereocenters. The van der Waals surface area contributed by atoms with E-state index < -0.39 is 17.7 Å². The third kappa shape index (κ3) is 5.69. The van der Waals surface area contributed by atoms with Crippen molar-refractivity contribution in [2.24, 2.45) is 10.9 Å². The highest BCUT2D eigenvalue weighted by Gasteiger charge is 2.19. The number of hydrogen-bond acceptors (Lipinski definition) is 7. The predicted molar refractivity (Wildman–Crippen MR) is 125 cm³/mol. The third-order valence-electron chi connectivity index (χ3n) is 4.77. The first-order valence-corrected chi connectivity index (χ1v) is 10.2. The van der Waals surface area contributed by atoms with Crippen LogP contribution in [0.4, 0.5) is 20.4 Å². The first-order chi connectivity index (χ1) is 15.8. The maximum atomic E-state index is 14.6. The molecule has 3 aromatic rings. The van der Waals surface area contributed by atoms with E-state index in [0.29, 0.717) is 11.4 Å². The van der Waals surface area contributed by atoms with Crippen molar-refractivity contribution >= 4 is 23.9 Å². The van der Waals surface area contributed by atoms with Gasteiger partial charge in [0.25, 0.3) is 0 Å². The largest absolute Gasteiger partial charge is 0.387 e. The molecule has 33 heavy (non-hydrogen) atoms. The van der Waals surface area contributed by atoms with Gasteiger partial charge in [-0.1, -0.05) is 26.0 Å². The second-order valence-electron chi connectivity index (χ2n) is 7.54. The Morgan fingerprint density at radius 3 is 2.55 bits per heavy atom. The first kappa shape index (κ1) is 23.8. The summed E-state index contributed by atoms with van der Waals surface area (Å²) in [5.74, 6) is -1.02. The molecule has 0 bridgehead atoms. The van der Waals surface area contributed by atoms with Crippen LogP contribution in [-0.4, -0.2) is 32.0 Å². The summed E-state index contributed by atoms with van der Waals surface area (Å²) < 4.78 is 28.9. The zero-order valence-electron chi connectivity index (χ0n) is 18.5. The van der Waals surface area contributed by atoms with E-state index in [-0.39, 0.29) is 34.4 Å². The number of aromatic nitrogens is 4. The minimum atomic E-state index is -0.684. The Morgan fingerprint density at radius 1 is 1.18 bits per heavy atom. The normalized spacial score (nSPS) is 13.2. The first-order valence-electron chi connectivity index (χ1n) is 10.2. The number of benzene rings is 1. The summed E-state index contributed by atoms with van der Waals surface area (Å²) in [5.41, 5.74) is 1.42. The van der Waals surface area contributed by atoms with Crippen LogP contribution in [0.15, 0.2) is 65.7 Å². The monoisotopic (exact) mass is 450 g/mol. The lowest BCUT2D eigenvalue weighted by molar-refractivity contribution is 0.122. The van der Waals surface area contributed by atoms with Crippen LogP contribution in [0.3, 0.4) is 0 Å². The van der Waals surface area contributed by atoms with Crippen LogP contribution >= 0.6 is 0 Å². The van der Waals surface area contributed by atoms with Crippen molar-refractivity contribution < 1.29 is 13.9 Å². The molecule has 2 heterocycles. The van der Waals surface area contributed by atoms with Crippen molar-refractivity contribution in [3.63, 3.8) is 0 Å². The lowest BCUT2D eigenvalue weighted by atomic mass is 10.0. The minimum absolute atomic E-state index is 0.0197.